The van der Waals surface area contributed by atoms with Crippen LogP contribution in [0.15, 0.2) is 29.3 Å². The zero-order chi connectivity index (χ0) is 13.5. The highest BCUT2D eigenvalue weighted by Crippen LogP contribution is 2.29. The molecule has 1 aliphatic heterocycles. The van der Waals surface area contributed by atoms with Gasteiger partial charge in [0.25, 0.3) is 0 Å². The normalized spacial score (nSPS) is 21.7. The fraction of sp³-hybridized carbons (Fsp3) is 0.688. The first kappa shape index (κ1) is 15.2. The van der Waals surface area contributed by atoms with Gasteiger partial charge in [-0.2, -0.15) is 0 Å². The number of rotatable bonds is 5. The van der Waals surface area contributed by atoms with Crippen LogP contribution in [0.2, 0.25) is 0 Å². The van der Waals surface area contributed by atoms with E-state index in [0.29, 0.717) is 12.0 Å². The van der Waals surface area contributed by atoms with Crippen molar-refractivity contribution in [3.05, 3.63) is 24.3 Å². The first-order chi connectivity index (χ1) is 8.60. The Morgan fingerprint density at radius 3 is 2.33 bits per heavy atom. The topological polar surface area (TPSA) is 15.6 Å². The second-order valence-electron chi connectivity index (χ2n) is 5.55. The molecule has 0 aromatic heterocycles. The molecule has 0 aromatic rings. The van der Waals surface area contributed by atoms with Crippen LogP contribution in [-0.2, 0) is 0 Å². The van der Waals surface area contributed by atoms with Gasteiger partial charge in [-0.05, 0) is 57.2 Å². The van der Waals surface area contributed by atoms with Crippen molar-refractivity contribution in [2.75, 3.05) is 20.1 Å². The third kappa shape index (κ3) is 4.09. The summed E-state index contributed by atoms with van der Waals surface area (Å²) in [5, 5.41) is 0. The van der Waals surface area contributed by atoms with Gasteiger partial charge in [-0.25, -0.2) is 0 Å². The third-order valence-electron chi connectivity index (χ3n) is 4.13. The van der Waals surface area contributed by atoms with Crippen molar-refractivity contribution in [2.45, 2.75) is 39.7 Å². The lowest BCUT2D eigenvalue weighted by molar-refractivity contribution is 0.134. The molecule has 2 heteroatoms. The quantitative estimate of drug-likeness (QED) is 0.536. The van der Waals surface area contributed by atoms with Crippen molar-refractivity contribution in [1.82, 2.24) is 4.90 Å². The molecule has 0 aliphatic carbocycles. The molecule has 0 aromatic carbocycles. The summed E-state index contributed by atoms with van der Waals surface area (Å²) >= 11 is 0. The van der Waals surface area contributed by atoms with E-state index < -0.39 is 0 Å². The Kier molecular flexibility index (Phi) is 6.34. The fourth-order valence-corrected chi connectivity index (χ4v) is 2.81. The predicted octanol–water partition coefficient (Wildman–Crippen LogP) is 3.56. The molecule has 0 N–H and O–H groups in total. The van der Waals surface area contributed by atoms with Gasteiger partial charge in [0.1, 0.15) is 0 Å². The zero-order valence-corrected chi connectivity index (χ0v) is 12.4. The molecule has 2 nitrogen and oxygen atoms in total. The van der Waals surface area contributed by atoms with Crippen LogP contribution >= 0.6 is 0 Å². The number of hydrogen-bond donors (Lipinski definition) is 0. The maximum Gasteiger partial charge on any atom is 0.0277 e. The lowest BCUT2D eigenvalue weighted by Gasteiger charge is -2.37. The Balaban J connectivity index is 2.60. The van der Waals surface area contributed by atoms with Crippen molar-refractivity contribution in [1.29, 1.82) is 0 Å². The minimum atomic E-state index is 0.584. The molecule has 102 valence electrons. The Morgan fingerprint density at radius 1 is 1.28 bits per heavy atom. The molecule has 1 aliphatic rings. The molecule has 1 fully saturated rings. The van der Waals surface area contributed by atoms with Crippen LogP contribution in [0.5, 0.6) is 0 Å². The molecule has 1 saturated heterocycles. The lowest BCUT2D eigenvalue weighted by atomic mass is 9.81. The molecule has 0 radical (unpaired) electrons. The fourth-order valence-electron chi connectivity index (χ4n) is 2.81. The van der Waals surface area contributed by atoms with E-state index in [4.69, 9.17) is 0 Å². The van der Waals surface area contributed by atoms with Crippen molar-refractivity contribution in [3.8, 4) is 0 Å². The maximum atomic E-state index is 4.16. The van der Waals surface area contributed by atoms with Crippen LogP contribution in [0.1, 0.15) is 33.6 Å². The number of likely N-dealkylation sites (tertiary alicyclic amines) is 1. The van der Waals surface area contributed by atoms with E-state index >= 15 is 0 Å². The molecular weight excluding hydrogens is 220 g/mol. The van der Waals surface area contributed by atoms with E-state index in [1.807, 2.05) is 19.3 Å². The Labute approximate surface area is 112 Å². The van der Waals surface area contributed by atoms with E-state index in [1.54, 1.807) is 0 Å². The van der Waals surface area contributed by atoms with Crippen LogP contribution in [0.4, 0.5) is 0 Å². The largest absolute Gasteiger partial charge is 0.301 e. The number of piperidine rings is 1. The molecule has 18 heavy (non-hydrogen) atoms. The molecule has 1 rings (SSSR count). The van der Waals surface area contributed by atoms with Gasteiger partial charge in [0, 0.05) is 19.3 Å². The number of aliphatic imine (C=N–C) groups is 1. The van der Waals surface area contributed by atoms with Gasteiger partial charge < -0.3 is 4.90 Å². The summed E-state index contributed by atoms with van der Waals surface area (Å²) < 4.78 is 0. The van der Waals surface area contributed by atoms with Gasteiger partial charge in [-0.15, -0.1) is 0 Å². The predicted molar refractivity (Wildman–Crippen MR) is 81.3 cm³/mol. The minimum Gasteiger partial charge on any atom is -0.301 e. The summed E-state index contributed by atoms with van der Waals surface area (Å²) in [7, 11) is 1.84. The SMILES string of the molecule is C=C/C=C(\C=NC)C(C)C1CCN(C(C)C)CC1. The summed E-state index contributed by atoms with van der Waals surface area (Å²) in [5.41, 5.74) is 1.32. The second-order valence-corrected chi connectivity index (χ2v) is 5.55. The van der Waals surface area contributed by atoms with Crippen LogP contribution in [-0.4, -0.2) is 37.3 Å². The highest BCUT2D eigenvalue weighted by molar-refractivity contribution is 5.79. The summed E-state index contributed by atoms with van der Waals surface area (Å²) in [6, 6.07) is 0.682. The van der Waals surface area contributed by atoms with Crippen molar-refractivity contribution in [2.24, 2.45) is 16.8 Å². The Hall–Kier alpha value is -0.890. The molecule has 1 unspecified atom stereocenters. The lowest BCUT2D eigenvalue weighted by Crippen LogP contribution is -2.40. The smallest absolute Gasteiger partial charge is 0.0277 e. The first-order valence-corrected chi connectivity index (χ1v) is 7.09. The first-order valence-electron chi connectivity index (χ1n) is 7.09. The van der Waals surface area contributed by atoms with E-state index in [9.17, 15) is 0 Å². The van der Waals surface area contributed by atoms with Gasteiger partial charge in [-0.1, -0.05) is 25.7 Å². The molecule has 1 heterocycles. The van der Waals surface area contributed by atoms with Gasteiger partial charge in [-0.3, -0.25) is 4.99 Å². The zero-order valence-electron chi connectivity index (χ0n) is 12.4. The molecule has 0 spiro atoms. The van der Waals surface area contributed by atoms with E-state index in [-0.39, 0.29) is 0 Å². The summed E-state index contributed by atoms with van der Waals surface area (Å²) in [6.45, 7) is 13.2. The number of allylic oxidation sites excluding steroid dienone is 3. The monoisotopic (exact) mass is 248 g/mol. The van der Waals surface area contributed by atoms with Crippen molar-refractivity contribution < 1.29 is 0 Å². The van der Waals surface area contributed by atoms with Gasteiger partial charge in [0.15, 0.2) is 0 Å². The average molecular weight is 248 g/mol. The van der Waals surface area contributed by atoms with Crippen LogP contribution in [0, 0.1) is 11.8 Å². The van der Waals surface area contributed by atoms with Crippen LogP contribution in [0.3, 0.4) is 0 Å². The molecule has 0 amide bonds. The Bertz CT molecular complexity index is 307. The number of nitrogens with zero attached hydrogens (tertiary/aromatic N) is 2. The average Bonchev–Trinajstić information content (AvgIpc) is 2.38. The standard InChI is InChI=1S/C16H28N2/c1-6-7-16(12-17-5)14(4)15-8-10-18(11-9-15)13(2)3/h6-7,12-15H,1,8-11H2,2-5H3/b16-7+,17-12?. The van der Waals surface area contributed by atoms with Crippen LogP contribution in [0.25, 0.3) is 0 Å². The van der Waals surface area contributed by atoms with Gasteiger partial charge >= 0.3 is 0 Å². The third-order valence-corrected chi connectivity index (χ3v) is 4.13. The van der Waals surface area contributed by atoms with E-state index in [1.165, 1.54) is 31.5 Å². The summed E-state index contributed by atoms with van der Waals surface area (Å²) in [6.07, 6.45) is 8.56. The van der Waals surface area contributed by atoms with Crippen LogP contribution < -0.4 is 0 Å². The molecule has 0 bridgehead atoms. The highest BCUT2D eigenvalue weighted by Gasteiger charge is 2.26. The molecule has 1 atom stereocenters. The molecular formula is C16H28N2. The maximum absolute atomic E-state index is 4.16. The number of hydrogen-bond acceptors (Lipinski definition) is 2. The highest BCUT2D eigenvalue weighted by atomic mass is 15.1. The summed E-state index contributed by atoms with van der Waals surface area (Å²) in [5.74, 6) is 1.37. The van der Waals surface area contributed by atoms with E-state index in [0.717, 1.165) is 5.92 Å². The molecule has 0 saturated carbocycles. The summed E-state index contributed by atoms with van der Waals surface area (Å²) in [4.78, 5) is 6.74. The Morgan fingerprint density at radius 2 is 1.89 bits per heavy atom. The van der Waals surface area contributed by atoms with Crippen molar-refractivity contribution >= 4 is 6.21 Å². The van der Waals surface area contributed by atoms with Gasteiger partial charge in [0.2, 0.25) is 0 Å². The van der Waals surface area contributed by atoms with Crippen molar-refractivity contribution in [3.63, 3.8) is 0 Å². The minimum absolute atomic E-state index is 0.584. The second kappa shape index (κ2) is 7.52. The van der Waals surface area contributed by atoms with Gasteiger partial charge in [0.05, 0.1) is 0 Å². The van der Waals surface area contributed by atoms with E-state index in [2.05, 4.69) is 43.3 Å².